The van der Waals surface area contributed by atoms with E-state index in [0.29, 0.717) is 0 Å². The standard InChI is InChI=1S/C34H42O2S2/c1-3-5-7-9-11-13-17-35-33-27-21-25-15-19-38-32(25)24-30(27)34(36-18-14-12-10-8-6-4-2)28-22-26-16-20-37-31(26)23-29(28)33/h15-16,19-24H,3-14,17-18H2,1-2H3. The molecular formula is C34H42O2S2. The molecule has 0 aliphatic heterocycles. The first kappa shape index (κ1) is 27.3. The third-order valence-electron chi connectivity index (χ3n) is 7.65. The molecule has 3 aromatic carbocycles. The molecule has 38 heavy (non-hydrogen) atoms. The topological polar surface area (TPSA) is 18.5 Å². The van der Waals surface area contributed by atoms with E-state index in [4.69, 9.17) is 9.47 Å². The molecule has 0 spiro atoms. The summed E-state index contributed by atoms with van der Waals surface area (Å²) in [6.07, 6.45) is 15.2. The van der Waals surface area contributed by atoms with Crippen LogP contribution in [0.5, 0.6) is 11.5 Å². The van der Waals surface area contributed by atoms with Crippen LogP contribution in [-0.4, -0.2) is 13.2 Å². The molecule has 0 saturated carbocycles. The van der Waals surface area contributed by atoms with Gasteiger partial charge in [0.25, 0.3) is 0 Å². The van der Waals surface area contributed by atoms with E-state index in [0.717, 1.165) is 37.6 Å². The number of thiophene rings is 2. The van der Waals surface area contributed by atoms with Gasteiger partial charge in [0.15, 0.2) is 0 Å². The third-order valence-corrected chi connectivity index (χ3v) is 9.41. The number of hydrogen-bond acceptors (Lipinski definition) is 4. The molecule has 0 atom stereocenters. The van der Waals surface area contributed by atoms with Crippen molar-refractivity contribution in [2.45, 2.75) is 90.9 Å². The molecule has 202 valence electrons. The molecule has 4 heteroatoms. The molecule has 5 rings (SSSR count). The van der Waals surface area contributed by atoms with Crippen molar-refractivity contribution in [2.24, 2.45) is 0 Å². The van der Waals surface area contributed by atoms with E-state index >= 15 is 0 Å². The molecule has 0 saturated heterocycles. The van der Waals surface area contributed by atoms with Gasteiger partial charge in [-0.15, -0.1) is 22.7 Å². The Kier molecular flexibility index (Phi) is 9.81. The minimum absolute atomic E-state index is 0.762. The van der Waals surface area contributed by atoms with Gasteiger partial charge < -0.3 is 9.47 Å². The van der Waals surface area contributed by atoms with Crippen molar-refractivity contribution in [1.29, 1.82) is 0 Å². The molecule has 2 nitrogen and oxygen atoms in total. The van der Waals surface area contributed by atoms with Crippen LogP contribution in [0.3, 0.4) is 0 Å². The molecule has 2 heterocycles. The lowest BCUT2D eigenvalue weighted by Crippen LogP contribution is -2.02. The fourth-order valence-corrected chi connectivity index (χ4v) is 7.11. The van der Waals surface area contributed by atoms with Crippen LogP contribution in [0.4, 0.5) is 0 Å². The maximum atomic E-state index is 6.68. The van der Waals surface area contributed by atoms with E-state index in [1.807, 2.05) is 0 Å². The van der Waals surface area contributed by atoms with Crippen molar-refractivity contribution < 1.29 is 9.47 Å². The number of hydrogen-bond donors (Lipinski definition) is 0. The van der Waals surface area contributed by atoms with E-state index in [1.165, 1.54) is 106 Å². The summed E-state index contributed by atoms with van der Waals surface area (Å²) in [6, 6.07) is 13.8. The van der Waals surface area contributed by atoms with E-state index in [2.05, 4.69) is 61.0 Å². The van der Waals surface area contributed by atoms with Crippen LogP contribution < -0.4 is 9.47 Å². The zero-order valence-corrected chi connectivity index (χ0v) is 24.8. The number of benzene rings is 3. The Morgan fingerprint density at radius 2 is 0.895 bits per heavy atom. The van der Waals surface area contributed by atoms with Gasteiger partial charge in [-0.1, -0.05) is 78.1 Å². The molecule has 0 aliphatic carbocycles. The summed E-state index contributed by atoms with van der Waals surface area (Å²) in [7, 11) is 0. The van der Waals surface area contributed by atoms with Crippen molar-refractivity contribution in [3.8, 4) is 11.5 Å². The van der Waals surface area contributed by atoms with Crippen molar-refractivity contribution in [2.75, 3.05) is 13.2 Å². The molecule has 0 radical (unpaired) electrons. The fraction of sp³-hybridized carbons (Fsp3) is 0.471. The molecule has 0 unspecified atom stereocenters. The molecule has 0 amide bonds. The van der Waals surface area contributed by atoms with Crippen molar-refractivity contribution in [1.82, 2.24) is 0 Å². The second-order valence-corrected chi connectivity index (χ2v) is 12.5. The van der Waals surface area contributed by atoms with E-state index in [1.54, 1.807) is 22.7 Å². The lowest BCUT2D eigenvalue weighted by atomic mass is 9.98. The average molecular weight is 547 g/mol. The molecular weight excluding hydrogens is 505 g/mol. The van der Waals surface area contributed by atoms with E-state index < -0.39 is 0 Å². The highest BCUT2D eigenvalue weighted by Gasteiger charge is 2.19. The molecule has 0 N–H and O–H groups in total. The predicted molar refractivity (Wildman–Crippen MR) is 170 cm³/mol. The minimum atomic E-state index is 0.762. The number of rotatable bonds is 16. The Morgan fingerprint density at radius 1 is 0.500 bits per heavy atom. The molecule has 5 aromatic rings. The molecule has 2 aromatic heterocycles. The van der Waals surface area contributed by atoms with Crippen LogP contribution in [0.1, 0.15) is 90.9 Å². The summed E-state index contributed by atoms with van der Waals surface area (Å²) < 4.78 is 16.0. The molecule has 0 bridgehead atoms. The number of fused-ring (bicyclic) bond motifs is 4. The first-order chi connectivity index (χ1) is 18.8. The van der Waals surface area contributed by atoms with Gasteiger partial charge in [0.1, 0.15) is 11.5 Å². The van der Waals surface area contributed by atoms with Crippen LogP contribution in [-0.2, 0) is 0 Å². The van der Waals surface area contributed by atoms with Crippen molar-refractivity contribution in [3.05, 3.63) is 47.2 Å². The Bertz CT molecular complexity index is 1260. The lowest BCUT2D eigenvalue weighted by Gasteiger charge is -2.19. The Hall–Kier alpha value is -2.30. The Morgan fingerprint density at radius 3 is 1.34 bits per heavy atom. The zero-order valence-electron chi connectivity index (χ0n) is 23.2. The van der Waals surface area contributed by atoms with Gasteiger partial charge in [0, 0.05) is 30.9 Å². The summed E-state index contributed by atoms with van der Waals surface area (Å²) in [5.74, 6) is 2.05. The highest BCUT2D eigenvalue weighted by Crippen LogP contribution is 2.46. The highest BCUT2D eigenvalue weighted by atomic mass is 32.1. The lowest BCUT2D eigenvalue weighted by molar-refractivity contribution is 0.306. The van der Waals surface area contributed by atoms with Crippen molar-refractivity contribution in [3.63, 3.8) is 0 Å². The van der Waals surface area contributed by atoms with Crippen LogP contribution >= 0.6 is 22.7 Å². The Labute approximate surface area is 236 Å². The van der Waals surface area contributed by atoms with Gasteiger partial charge in [-0.2, -0.15) is 0 Å². The number of ether oxygens (including phenoxy) is 2. The fourth-order valence-electron chi connectivity index (χ4n) is 5.48. The van der Waals surface area contributed by atoms with Gasteiger partial charge in [-0.25, -0.2) is 0 Å². The first-order valence-electron chi connectivity index (χ1n) is 14.8. The van der Waals surface area contributed by atoms with Gasteiger partial charge >= 0.3 is 0 Å². The van der Waals surface area contributed by atoms with E-state index in [-0.39, 0.29) is 0 Å². The normalized spacial score (nSPS) is 11.8. The first-order valence-corrected chi connectivity index (χ1v) is 16.6. The van der Waals surface area contributed by atoms with Crippen molar-refractivity contribution >= 4 is 64.4 Å². The summed E-state index contributed by atoms with van der Waals surface area (Å²) in [4.78, 5) is 0. The second-order valence-electron chi connectivity index (χ2n) is 10.6. The summed E-state index contributed by atoms with van der Waals surface area (Å²) in [5.41, 5.74) is 0. The second kappa shape index (κ2) is 13.7. The summed E-state index contributed by atoms with van der Waals surface area (Å²) >= 11 is 3.60. The summed E-state index contributed by atoms with van der Waals surface area (Å²) in [6.45, 7) is 6.07. The van der Waals surface area contributed by atoms with Crippen LogP contribution in [0, 0.1) is 0 Å². The molecule has 0 aliphatic rings. The largest absolute Gasteiger partial charge is 0.492 e. The van der Waals surface area contributed by atoms with Crippen LogP contribution in [0.25, 0.3) is 41.7 Å². The van der Waals surface area contributed by atoms with Crippen LogP contribution in [0.15, 0.2) is 47.2 Å². The SMILES string of the molecule is CCCCCCCCOc1c2cc3ccsc3cc2c(OCCCCCCCC)c2cc3ccsc3cc12. The van der Waals surface area contributed by atoms with Gasteiger partial charge in [0.05, 0.1) is 13.2 Å². The maximum absolute atomic E-state index is 6.68. The highest BCUT2D eigenvalue weighted by molar-refractivity contribution is 7.17. The predicted octanol–water partition coefficient (Wildman–Crippen LogP) is 11.9. The van der Waals surface area contributed by atoms with E-state index in [9.17, 15) is 0 Å². The maximum Gasteiger partial charge on any atom is 0.135 e. The zero-order chi connectivity index (χ0) is 26.2. The van der Waals surface area contributed by atoms with Gasteiger partial charge in [0.2, 0.25) is 0 Å². The number of unbranched alkanes of at least 4 members (excludes halogenated alkanes) is 10. The molecule has 0 fully saturated rings. The summed E-state index contributed by atoms with van der Waals surface area (Å²) in [5, 5.41) is 11.7. The monoisotopic (exact) mass is 546 g/mol. The average Bonchev–Trinajstić information content (AvgIpc) is 3.59. The van der Waals surface area contributed by atoms with Gasteiger partial charge in [-0.3, -0.25) is 0 Å². The Balaban J connectivity index is 1.50. The minimum Gasteiger partial charge on any atom is -0.492 e. The van der Waals surface area contributed by atoms with Crippen LogP contribution in [0.2, 0.25) is 0 Å². The smallest absolute Gasteiger partial charge is 0.135 e. The van der Waals surface area contributed by atoms with Gasteiger partial charge in [-0.05, 0) is 70.8 Å². The quantitative estimate of drug-likeness (QED) is 0.0905. The third kappa shape index (κ3) is 6.29.